The molecule has 112 valence electrons. The third kappa shape index (κ3) is 4.07. The summed E-state index contributed by atoms with van der Waals surface area (Å²) in [5, 5.41) is 12.5. The van der Waals surface area contributed by atoms with Crippen LogP contribution >= 0.6 is 15.9 Å². The van der Waals surface area contributed by atoms with Crippen LogP contribution in [0.2, 0.25) is 0 Å². The van der Waals surface area contributed by atoms with Gasteiger partial charge in [-0.3, -0.25) is 9.59 Å². The Morgan fingerprint density at radius 2 is 2.05 bits per heavy atom. The second-order valence-electron chi connectivity index (χ2n) is 5.65. The number of fused-ring (bicyclic) bond motifs is 1. The van der Waals surface area contributed by atoms with Crippen molar-refractivity contribution in [1.82, 2.24) is 10.3 Å². The molecule has 0 aliphatic carbocycles. The van der Waals surface area contributed by atoms with Crippen molar-refractivity contribution in [2.45, 2.75) is 32.2 Å². The first-order valence-corrected chi connectivity index (χ1v) is 7.39. The van der Waals surface area contributed by atoms with Crippen molar-refractivity contribution in [3.8, 4) is 0 Å². The lowest BCUT2D eigenvalue weighted by Crippen LogP contribution is -2.43. The molecule has 1 heterocycles. The Bertz CT molecular complexity index is 691. The van der Waals surface area contributed by atoms with Crippen LogP contribution in [0.25, 0.3) is 10.9 Å². The number of carbonyl (C=O) groups excluding carboxylic acids is 1. The Balaban J connectivity index is 2.12. The van der Waals surface area contributed by atoms with Crippen LogP contribution < -0.4 is 5.32 Å². The van der Waals surface area contributed by atoms with Gasteiger partial charge in [0.2, 0.25) is 0 Å². The molecule has 3 N–H and O–H groups in total. The standard InChI is InChI=1S/C15H17BrN2O3/c1-15(2,6-5-13(19)20)18-14(21)12-7-9-3-4-10(16)8-11(9)17-12/h3-4,7-8,17H,5-6H2,1-2H3,(H,18,21)(H,19,20). The number of nitrogens with one attached hydrogen (secondary N) is 2. The summed E-state index contributed by atoms with van der Waals surface area (Å²) < 4.78 is 0.936. The third-order valence-electron chi connectivity index (χ3n) is 3.24. The summed E-state index contributed by atoms with van der Waals surface area (Å²) in [7, 11) is 0. The van der Waals surface area contributed by atoms with E-state index in [0.717, 1.165) is 15.4 Å². The molecule has 0 spiro atoms. The van der Waals surface area contributed by atoms with Gasteiger partial charge in [-0.15, -0.1) is 0 Å². The van der Waals surface area contributed by atoms with E-state index in [0.29, 0.717) is 12.1 Å². The first-order valence-electron chi connectivity index (χ1n) is 6.59. The average Bonchev–Trinajstić information content (AvgIpc) is 2.79. The van der Waals surface area contributed by atoms with Crippen molar-refractivity contribution in [3.05, 3.63) is 34.4 Å². The molecule has 0 saturated carbocycles. The van der Waals surface area contributed by atoms with Crippen molar-refractivity contribution in [3.63, 3.8) is 0 Å². The summed E-state index contributed by atoms with van der Waals surface area (Å²) in [5.41, 5.74) is 0.761. The molecule has 0 fully saturated rings. The number of halogens is 1. The van der Waals surface area contributed by atoms with Gasteiger partial charge in [-0.25, -0.2) is 0 Å². The molecule has 2 rings (SSSR count). The number of aliphatic carboxylic acids is 1. The van der Waals surface area contributed by atoms with Gasteiger partial charge < -0.3 is 15.4 Å². The molecule has 1 amide bonds. The SMILES string of the molecule is CC(C)(CCC(=O)O)NC(=O)c1cc2ccc(Br)cc2[nH]1. The maximum Gasteiger partial charge on any atom is 0.303 e. The van der Waals surface area contributed by atoms with E-state index in [1.54, 1.807) is 6.07 Å². The molecular weight excluding hydrogens is 336 g/mol. The fourth-order valence-corrected chi connectivity index (χ4v) is 2.44. The van der Waals surface area contributed by atoms with Crippen molar-refractivity contribution < 1.29 is 14.7 Å². The fourth-order valence-electron chi connectivity index (χ4n) is 2.08. The Morgan fingerprint density at radius 1 is 1.33 bits per heavy atom. The minimum atomic E-state index is -0.868. The van der Waals surface area contributed by atoms with Crippen LogP contribution in [0.4, 0.5) is 0 Å². The highest BCUT2D eigenvalue weighted by Crippen LogP contribution is 2.21. The summed E-state index contributed by atoms with van der Waals surface area (Å²) in [6.07, 6.45) is 0.396. The number of aromatic amines is 1. The zero-order chi connectivity index (χ0) is 15.6. The monoisotopic (exact) mass is 352 g/mol. The van der Waals surface area contributed by atoms with Crippen LogP contribution in [-0.2, 0) is 4.79 Å². The third-order valence-corrected chi connectivity index (χ3v) is 3.74. The highest BCUT2D eigenvalue weighted by atomic mass is 79.9. The molecule has 21 heavy (non-hydrogen) atoms. The van der Waals surface area contributed by atoms with Crippen LogP contribution in [0.1, 0.15) is 37.2 Å². The van der Waals surface area contributed by atoms with E-state index in [4.69, 9.17) is 5.11 Å². The Labute approximate surface area is 130 Å². The fraction of sp³-hybridized carbons (Fsp3) is 0.333. The Morgan fingerprint density at radius 3 is 2.71 bits per heavy atom. The average molecular weight is 353 g/mol. The lowest BCUT2D eigenvalue weighted by Gasteiger charge is -2.25. The first kappa shape index (κ1) is 15.6. The molecule has 6 heteroatoms. The van der Waals surface area contributed by atoms with E-state index >= 15 is 0 Å². The highest BCUT2D eigenvalue weighted by Gasteiger charge is 2.23. The van der Waals surface area contributed by atoms with Gasteiger partial charge in [0.25, 0.3) is 5.91 Å². The number of hydrogen-bond acceptors (Lipinski definition) is 2. The smallest absolute Gasteiger partial charge is 0.303 e. The van der Waals surface area contributed by atoms with Gasteiger partial charge in [-0.05, 0) is 38.5 Å². The maximum absolute atomic E-state index is 12.3. The number of amides is 1. The largest absolute Gasteiger partial charge is 0.481 e. The maximum atomic E-state index is 12.3. The Hall–Kier alpha value is -1.82. The molecule has 0 unspecified atom stereocenters. The summed E-state index contributed by atoms with van der Waals surface area (Å²) >= 11 is 3.39. The molecule has 1 aromatic heterocycles. The zero-order valence-corrected chi connectivity index (χ0v) is 13.5. The van der Waals surface area contributed by atoms with Crippen molar-refractivity contribution in [2.24, 2.45) is 0 Å². The van der Waals surface area contributed by atoms with Crippen LogP contribution in [0, 0.1) is 0 Å². The lowest BCUT2D eigenvalue weighted by atomic mass is 9.98. The molecule has 0 saturated heterocycles. The highest BCUT2D eigenvalue weighted by molar-refractivity contribution is 9.10. The second kappa shape index (κ2) is 5.89. The van der Waals surface area contributed by atoms with Gasteiger partial charge in [0.1, 0.15) is 5.69 Å². The molecule has 0 atom stereocenters. The van der Waals surface area contributed by atoms with Crippen LogP contribution in [-0.4, -0.2) is 27.5 Å². The zero-order valence-electron chi connectivity index (χ0n) is 11.9. The predicted molar refractivity (Wildman–Crippen MR) is 84.4 cm³/mol. The number of benzene rings is 1. The molecule has 5 nitrogen and oxygen atoms in total. The number of carboxylic acid groups (broad SMARTS) is 1. The van der Waals surface area contributed by atoms with Crippen molar-refractivity contribution >= 4 is 38.7 Å². The molecular formula is C15H17BrN2O3. The van der Waals surface area contributed by atoms with E-state index in [9.17, 15) is 9.59 Å². The van der Waals surface area contributed by atoms with Gasteiger partial charge in [-0.2, -0.15) is 0 Å². The second-order valence-corrected chi connectivity index (χ2v) is 6.56. The first-order chi connectivity index (χ1) is 9.77. The molecule has 0 aliphatic heterocycles. The molecule has 0 aliphatic rings. The summed E-state index contributed by atoms with van der Waals surface area (Å²) in [5.74, 6) is -1.11. The van der Waals surface area contributed by atoms with Gasteiger partial charge in [0, 0.05) is 27.3 Å². The molecule has 1 aromatic carbocycles. The predicted octanol–water partition coefficient (Wildman–Crippen LogP) is 3.30. The van der Waals surface area contributed by atoms with Gasteiger partial charge in [0.05, 0.1) is 0 Å². The topological polar surface area (TPSA) is 82.2 Å². The molecule has 0 radical (unpaired) electrons. The number of carboxylic acids is 1. The van der Waals surface area contributed by atoms with E-state index in [1.807, 2.05) is 32.0 Å². The quantitative estimate of drug-likeness (QED) is 0.771. The summed E-state index contributed by atoms with van der Waals surface area (Å²) in [6, 6.07) is 7.52. The van der Waals surface area contributed by atoms with Crippen molar-refractivity contribution in [1.29, 1.82) is 0 Å². The van der Waals surface area contributed by atoms with Gasteiger partial charge >= 0.3 is 5.97 Å². The number of carbonyl (C=O) groups is 2. The number of rotatable bonds is 5. The van der Waals surface area contributed by atoms with E-state index in [1.165, 1.54) is 0 Å². The van der Waals surface area contributed by atoms with Crippen LogP contribution in [0.3, 0.4) is 0 Å². The molecule has 2 aromatic rings. The van der Waals surface area contributed by atoms with Crippen LogP contribution in [0.15, 0.2) is 28.7 Å². The number of aromatic nitrogens is 1. The minimum Gasteiger partial charge on any atom is -0.481 e. The lowest BCUT2D eigenvalue weighted by molar-refractivity contribution is -0.137. The van der Waals surface area contributed by atoms with Crippen molar-refractivity contribution in [2.75, 3.05) is 0 Å². The van der Waals surface area contributed by atoms with Gasteiger partial charge in [-0.1, -0.05) is 22.0 Å². The van der Waals surface area contributed by atoms with E-state index < -0.39 is 11.5 Å². The number of hydrogen-bond donors (Lipinski definition) is 3. The van der Waals surface area contributed by atoms with Gasteiger partial charge in [0.15, 0.2) is 0 Å². The number of H-pyrrole nitrogens is 1. The summed E-state index contributed by atoms with van der Waals surface area (Å²) in [4.78, 5) is 26.0. The van der Waals surface area contributed by atoms with E-state index in [-0.39, 0.29) is 12.3 Å². The minimum absolute atomic E-state index is 0.0208. The van der Waals surface area contributed by atoms with Crippen LogP contribution in [0.5, 0.6) is 0 Å². The normalized spacial score (nSPS) is 11.6. The molecule has 0 bridgehead atoms. The Kier molecular flexibility index (Phi) is 4.37. The van der Waals surface area contributed by atoms with E-state index in [2.05, 4.69) is 26.2 Å². The summed E-state index contributed by atoms with van der Waals surface area (Å²) in [6.45, 7) is 3.63.